The number of rotatable bonds is 5. The molecule has 0 aliphatic carbocycles. The van der Waals surface area contributed by atoms with Gasteiger partial charge in [0.2, 0.25) is 5.91 Å². The summed E-state index contributed by atoms with van der Waals surface area (Å²) in [4.78, 5) is 15.5. The number of aromatic nitrogens is 1. The quantitative estimate of drug-likeness (QED) is 0.789. The first-order chi connectivity index (χ1) is 11.6. The number of carbonyl (C=O) groups is 1. The summed E-state index contributed by atoms with van der Waals surface area (Å²) in [5.41, 5.74) is 6.38. The van der Waals surface area contributed by atoms with E-state index in [4.69, 9.17) is 19.8 Å². The van der Waals surface area contributed by atoms with Crippen LogP contribution in [0.25, 0.3) is 6.08 Å². The van der Waals surface area contributed by atoms with E-state index in [9.17, 15) is 4.79 Å². The highest BCUT2D eigenvalue weighted by molar-refractivity contribution is 6.56. The molecule has 1 aromatic heterocycles. The Morgan fingerprint density at radius 2 is 1.96 bits per heavy atom. The standard InChI is InChI=1S/C17H26BN3O4/c1-11(22)20-10-13(18-24-16(2,3)17(4,5)25-18)7-12-8-14(23-6)15(19)21-9-12/h7-9H,10H2,1-6H3,(H2,19,21)(H,20,22). The van der Waals surface area contributed by atoms with Gasteiger partial charge in [-0.2, -0.15) is 0 Å². The van der Waals surface area contributed by atoms with Crippen molar-refractivity contribution in [2.45, 2.75) is 45.8 Å². The Morgan fingerprint density at radius 1 is 1.36 bits per heavy atom. The van der Waals surface area contributed by atoms with Gasteiger partial charge in [0, 0.05) is 19.7 Å². The van der Waals surface area contributed by atoms with Crippen LogP contribution >= 0.6 is 0 Å². The third kappa shape index (κ3) is 4.32. The molecule has 0 atom stereocenters. The molecule has 0 spiro atoms. The largest absolute Gasteiger partial charge is 0.493 e. The average molecular weight is 347 g/mol. The molecule has 7 nitrogen and oxygen atoms in total. The molecule has 0 bridgehead atoms. The molecular formula is C17H26BN3O4. The Balaban J connectivity index is 2.35. The molecule has 0 aromatic carbocycles. The van der Waals surface area contributed by atoms with Crippen LogP contribution in [-0.2, 0) is 14.1 Å². The maximum Gasteiger partial charge on any atom is 0.492 e. The molecule has 0 radical (unpaired) electrons. The van der Waals surface area contributed by atoms with Gasteiger partial charge in [-0.25, -0.2) is 4.98 Å². The van der Waals surface area contributed by atoms with Crippen LogP contribution in [0.3, 0.4) is 0 Å². The van der Waals surface area contributed by atoms with E-state index in [1.807, 2.05) is 33.8 Å². The minimum Gasteiger partial charge on any atom is -0.493 e. The first-order valence-electron chi connectivity index (χ1n) is 8.16. The number of pyridine rings is 1. The van der Waals surface area contributed by atoms with Crippen molar-refractivity contribution in [2.75, 3.05) is 19.4 Å². The number of carbonyl (C=O) groups excluding carboxylic acids is 1. The van der Waals surface area contributed by atoms with E-state index in [0.717, 1.165) is 11.0 Å². The summed E-state index contributed by atoms with van der Waals surface area (Å²) in [5.74, 6) is 0.677. The lowest BCUT2D eigenvalue weighted by Crippen LogP contribution is -2.41. The van der Waals surface area contributed by atoms with Crippen LogP contribution in [0, 0.1) is 0 Å². The summed E-state index contributed by atoms with van der Waals surface area (Å²) >= 11 is 0. The lowest BCUT2D eigenvalue weighted by molar-refractivity contribution is -0.118. The lowest BCUT2D eigenvalue weighted by atomic mass is 9.77. The fraction of sp³-hybridized carbons (Fsp3) is 0.529. The van der Waals surface area contributed by atoms with Crippen LogP contribution in [-0.4, -0.2) is 42.9 Å². The molecule has 1 saturated heterocycles. The average Bonchev–Trinajstić information content (AvgIpc) is 2.73. The van der Waals surface area contributed by atoms with Gasteiger partial charge in [-0.15, -0.1) is 0 Å². The van der Waals surface area contributed by atoms with Crippen LogP contribution in [0.5, 0.6) is 5.75 Å². The van der Waals surface area contributed by atoms with E-state index in [0.29, 0.717) is 18.1 Å². The van der Waals surface area contributed by atoms with Gasteiger partial charge in [-0.3, -0.25) is 4.79 Å². The predicted octanol–water partition coefficient (Wildman–Crippen LogP) is 1.82. The van der Waals surface area contributed by atoms with Crippen LogP contribution in [0.2, 0.25) is 0 Å². The topological polar surface area (TPSA) is 95.7 Å². The highest BCUT2D eigenvalue weighted by atomic mass is 16.7. The van der Waals surface area contributed by atoms with Crippen LogP contribution < -0.4 is 15.8 Å². The number of hydrogen-bond donors (Lipinski definition) is 2. The van der Waals surface area contributed by atoms with Gasteiger partial charge >= 0.3 is 7.12 Å². The van der Waals surface area contributed by atoms with Crippen molar-refractivity contribution in [3.63, 3.8) is 0 Å². The van der Waals surface area contributed by atoms with Crippen LogP contribution in [0.15, 0.2) is 17.7 Å². The van der Waals surface area contributed by atoms with Crippen molar-refractivity contribution < 1.29 is 18.8 Å². The summed E-state index contributed by atoms with van der Waals surface area (Å²) in [6.07, 6.45) is 3.50. The second-order valence-electron chi connectivity index (χ2n) is 7.07. The number of hydrogen-bond acceptors (Lipinski definition) is 6. The predicted molar refractivity (Wildman–Crippen MR) is 97.9 cm³/mol. The molecule has 1 aliphatic rings. The zero-order chi connectivity index (χ0) is 18.8. The summed E-state index contributed by atoms with van der Waals surface area (Å²) in [7, 11) is 0.966. The first-order valence-corrected chi connectivity index (χ1v) is 8.16. The molecule has 136 valence electrons. The molecular weight excluding hydrogens is 321 g/mol. The number of amides is 1. The van der Waals surface area contributed by atoms with Crippen molar-refractivity contribution in [3.05, 3.63) is 23.3 Å². The van der Waals surface area contributed by atoms with Crippen LogP contribution in [0.4, 0.5) is 5.82 Å². The summed E-state index contributed by atoms with van der Waals surface area (Å²) in [5, 5.41) is 2.79. The minimum absolute atomic E-state index is 0.129. The van der Waals surface area contributed by atoms with Gasteiger partial charge in [0.25, 0.3) is 0 Å². The number of methoxy groups -OCH3 is 1. The van der Waals surface area contributed by atoms with E-state index in [1.54, 1.807) is 12.3 Å². The van der Waals surface area contributed by atoms with E-state index >= 15 is 0 Å². The highest BCUT2D eigenvalue weighted by Crippen LogP contribution is 2.38. The Labute approximate surface area is 149 Å². The van der Waals surface area contributed by atoms with E-state index in [1.165, 1.54) is 14.0 Å². The first kappa shape index (κ1) is 19.3. The van der Waals surface area contributed by atoms with Crippen molar-refractivity contribution in [3.8, 4) is 5.75 Å². The monoisotopic (exact) mass is 347 g/mol. The number of nitrogens with one attached hydrogen (secondary N) is 1. The zero-order valence-corrected chi connectivity index (χ0v) is 15.7. The normalized spacial score (nSPS) is 19.0. The van der Waals surface area contributed by atoms with Gasteiger partial charge in [0.05, 0.1) is 18.3 Å². The maximum atomic E-state index is 11.3. The van der Waals surface area contributed by atoms with E-state index in [2.05, 4.69) is 10.3 Å². The van der Waals surface area contributed by atoms with Crippen molar-refractivity contribution in [1.29, 1.82) is 0 Å². The maximum absolute atomic E-state index is 11.3. The summed E-state index contributed by atoms with van der Waals surface area (Å²) in [6.45, 7) is 9.70. The van der Waals surface area contributed by atoms with Crippen molar-refractivity contribution >= 4 is 24.9 Å². The van der Waals surface area contributed by atoms with Crippen LogP contribution in [0.1, 0.15) is 40.2 Å². The van der Waals surface area contributed by atoms with E-state index < -0.39 is 18.3 Å². The molecule has 2 heterocycles. The highest BCUT2D eigenvalue weighted by Gasteiger charge is 2.52. The summed E-state index contributed by atoms with van der Waals surface area (Å²) in [6, 6.07) is 1.78. The van der Waals surface area contributed by atoms with E-state index in [-0.39, 0.29) is 5.91 Å². The molecule has 1 fully saturated rings. The molecule has 0 unspecified atom stereocenters. The zero-order valence-electron chi connectivity index (χ0n) is 15.7. The molecule has 2 rings (SSSR count). The second-order valence-corrected chi connectivity index (χ2v) is 7.07. The van der Waals surface area contributed by atoms with Crippen molar-refractivity contribution in [2.24, 2.45) is 0 Å². The number of ether oxygens (including phenoxy) is 1. The fourth-order valence-corrected chi connectivity index (χ4v) is 2.35. The Morgan fingerprint density at radius 3 is 2.48 bits per heavy atom. The molecule has 3 N–H and O–H groups in total. The second kappa shape index (κ2) is 7.05. The smallest absolute Gasteiger partial charge is 0.492 e. The number of nitrogens with two attached hydrogens (primary N) is 1. The van der Waals surface area contributed by atoms with Crippen molar-refractivity contribution in [1.82, 2.24) is 10.3 Å². The van der Waals surface area contributed by atoms with Gasteiger partial charge in [-0.05, 0) is 44.8 Å². The molecule has 1 aliphatic heterocycles. The minimum atomic E-state index is -0.569. The third-order valence-corrected chi connectivity index (χ3v) is 4.57. The number of nitrogen functional groups attached to an aromatic ring is 1. The molecule has 1 aromatic rings. The number of anilines is 1. The Bertz CT molecular complexity index is 672. The molecule has 1 amide bonds. The molecule has 0 saturated carbocycles. The van der Waals surface area contributed by atoms with Gasteiger partial charge in [-0.1, -0.05) is 6.08 Å². The fourth-order valence-electron chi connectivity index (χ4n) is 2.35. The van der Waals surface area contributed by atoms with Gasteiger partial charge < -0.3 is 25.1 Å². The van der Waals surface area contributed by atoms with Gasteiger partial charge in [0.1, 0.15) is 0 Å². The lowest BCUT2D eigenvalue weighted by Gasteiger charge is -2.32. The third-order valence-electron chi connectivity index (χ3n) is 4.57. The number of nitrogens with zero attached hydrogens (tertiary/aromatic N) is 1. The summed E-state index contributed by atoms with van der Waals surface area (Å²) < 4.78 is 17.4. The Hall–Kier alpha value is -2.06. The Kier molecular flexibility index (Phi) is 5.44. The molecule has 25 heavy (non-hydrogen) atoms. The molecule has 8 heteroatoms. The SMILES string of the molecule is COc1cc(C=C(CNC(C)=O)B2OC(C)(C)C(C)(C)O2)cnc1N. The van der Waals surface area contributed by atoms with Gasteiger partial charge in [0.15, 0.2) is 11.6 Å².